The van der Waals surface area contributed by atoms with Gasteiger partial charge in [-0.2, -0.15) is 11.3 Å². The highest BCUT2D eigenvalue weighted by atomic mass is 32.1. The summed E-state index contributed by atoms with van der Waals surface area (Å²) in [4.78, 5) is 23.1. The van der Waals surface area contributed by atoms with Gasteiger partial charge < -0.3 is 10.1 Å². The summed E-state index contributed by atoms with van der Waals surface area (Å²) in [6, 6.07) is 12.0. The number of nitrogens with one attached hydrogen (secondary N) is 1. The third-order valence-corrected chi connectivity index (χ3v) is 3.83. The summed E-state index contributed by atoms with van der Waals surface area (Å²) in [5.41, 5.74) is 2.16. The molecule has 0 saturated heterocycles. The normalized spacial score (nSPS) is 10.2. The van der Waals surface area contributed by atoms with Crippen LogP contribution >= 0.6 is 11.3 Å². The van der Waals surface area contributed by atoms with E-state index in [1.165, 1.54) is 16.9 Å². The Morgan fingerprint density at radius 1 is 1.09 bits per heavy atom. The van der Waals surface area contributed by atoms with Crippen molar-refractivity contribution in [3.8, 4) is 0 Å². The number of hydrogen-bond acceptors (Lipinski definition) is 4. The van der Waals surface area contributed by atoms with Crippen molar-refractivity contribution < 1.29 is 14.3 Å². The first kappa shape index (κ1) is 16.2. The molecular weight excluding hydrogens is 298 g/mol. The minimum absolute atomic E-state index is 0.213. The summed E-state index contributed by atoms with van der Waals surface area (Å²) in [5, 5.41) is 6.55. The van der Waals surface area contributed by atoms with Gasteiger partial charge in [0.05, 0.1) is 6.42 Å². The average Bonchev–Trinajstić information content (AvgIpc) is 3.03. The van der Waals surface area contributed by atoms with E-state index >= 15 is 0 Å². The second-order valence-corrected chi connectivity index (χ2v) is 5.69. The number of amides is 1. The molecule has 2 aromatic rings. The number of thiophene rings is 1. The molecule has 4 nitrogen and oxygen atoms in total. The Kier molecular flexibility index (Phi) is 6.64. The highest BCUT2D eigenvalue weighted by Gasteiger charge is 2.08. The molecule has 0 bridgehead atoms. The molecule has 1 amide bonds. The largest absolute Gasteiger partial charge is 0.455 e. The van der Waals surface area contributed by atoms with Gasteiger partial charge in [-0.05, 0) is 40.8 Å². The molecule has 0 spiro atoms. The van der Waals surface area contributed by atoms with Crippen molar-refractivity contribution in [1.82, 2.24) is 5.32 Å². The van der Waals surface area contributed by atoms with Gasteiger partial charge in [0.15, 0.2) is 6.61 Å². The lowest BCUT2D eigenvalue weighted by Gasteiger charge is -2.06. The van der Waals surface area contributed by atoms with Crippen LogP contribution in [0.15, 0.2) is 47.2 Å². The molecule has 0 atom stereocenters. The smallest absolute Gasteiger partial charge is 0.310 e. The summed E-state index contributed by atoms with van der Waals surface area (Å²) in [7, 11) is 0. The Labute approximate surface area is 134 Å². The summed E-state index contributed by atoms with van der Waals surface area (Å²) >= 11 is 1.53. The third-order valence-electron chi connectivity index (χ3n) is 3.10. The second-order valence-electron chi connectivity index (χ2n) is 4.91. The van der Waals surface area contributed by atoms with Crippen molar-refractivity contribution in [1.29, 1.82) is 0 Å². The molecule has 0 radical (unpaired) electrons. The van der Waals surface area contributed by atoms with Crippen LogP contribution in [0, 0.1) is 0 Å². The first-order valence-corrected chi connectivity index (χ1v) is 8.15. The van der Waals surface area contributed by atoms with Crippen LogP contribution in [0.5, 0.6) is 0 Å². The molecule has 0 saturated carbocycles. The Bertz CT molecular complexity index is 581. The molecular formula is C17H19NO3S. The zero-order valence-electron chi connectivity index (χ0n) is 12.3. The van der Waals surface area contributed by atoms with Crippen LogP contribution in [-0.2, 0) is 27.2 Å². The third kappa shape index (κ3) is 6.10. The van der Waals surface area contributed by atoms with Gasteiger partial charge >= 0.3 is 5.97 Å². The van der Waals surface area contributed by atoms with E-state index in [2.05, 4.69) is 17.4 Å². The topological polar surface area (TPSA) is 55.4 Å². The van der Waals surface area contributed by atoms with Gasteiger partial charge in [-0.1, -0.05) is 30.3 Å². The SMILES string of the molecule is O=C(COC(=O)Cc1ccsc1)NCCCc1ccccc1. The maximum atomic E-state index is 11.6. The monoisotopic (exact) mass is 317 g/mol. The summed E-state index contributed by atoms with van der Waals surface area (Å²) in [6.45, 7) is 0.365. The van der Waals surface area contributed by atoms with Gasteiger partial charge in [-0.15, -0.1) is 0 Å². The molecule has 1 N–H and O–H groups in total. The summed E-state index contributed by atoms with van der Waals surface area (Å²) < 4.78 is 4.95. The van der Waals surface area contributed by atoms with Crippen LogP contribution in [-0.4, -0.2) is 25.0 Å². The molecule has 0 unspecified atom stereocenters. The van der Waals surface area contributed by atoms with E-state index in [0.29, 0.717) is 6.54 Å². The number of esters is 1. The van der Waals surface area contributed by atoms with Gasteiger partial charge in [0, 0.05) is 6.54 Å². The number of carbonyl (C=O) groups is 2. The van der Waals surface area contributed by atoms with E-state index in [1.807, 2.05) is 35.0 Å². The summed E-state index contributed by atoms with van der Waals surface area (Å²) in [5.74, 6) is -0.635. The molecule has 0 aliphatic heterocycles. The quantitative estimate of drug-likeness (QED) is 0.601. The fraction of sp³-hybridized carbons (Fsp3) is 0.294. The number of carbonyl (C=O) groups excluding carboxylic acids is 2. The molecule has 1 heterocycles. The van der Waals surface area contributed by atoms with Crippen LogP contribution in [0.25, 0.3) is 0 Å². The van der Waals surface area contributed by atoms with Crippen LogP contribution in [0.1, 0.15) is 17.5 Å². The zero-order valence-corrected chi connectivity index (χ0v) is 13.1. The standard InChI is InChI=1S/C17H19NO3S/c19-16(12-21-17(20)11-15-8-10-22-13-15)18-9-4-7-14-5-2-1-3-6-14/h1-3,5-6,8,10,13H,4,7,9,11-12H2,(H,18,19). The molecule has 2 rings (SSSR count). The molecule has 5 heteroatoms. The van der Waals surface area contributed by atoms with Crippen LogP contribution in [0.3, 0.4) is 0 Å². The van der Waals surface area contributed by atoms with E-state index in [-0.39, 0.29) is 24.9 Å². The number of hydrogen-bond donors (Lipinski definition) is 1. The molecule has 0 aliphatic rings. The number of benzene rings is 1. The first-order chi connectivity index (χ1) is 10.7. The van der Waals surface area contributed by atoms with Crippen LogP contribution in [0.4, 0.5) is 0 Å². The van der Waals surface area contributed by atoms with Crippen molar-refractivity contribution in [2.45, 2.75) is 19.3 Å². The lowest BCUT2D eigenvalue weighted by molar-refractivity contribution is -0.147. The first-order valence-electron chi connectivity index (χ1n) is 7.21. The second kappa shape index (κ2) is 9.00. The number of aryl methyl sites for hydroxylation is 1. The fourth-order valence-electron chi connectivity index (χ4n) is 1.97. The van der Waals surface area contributed by atoms with Crippen molar-refractivity contribution in [3.05, 3.63) is 58.3 Å². The number of ether oxygens (including phenoxy) is 1. The Morgan fingerprint density at radius 2 is 1.91 bits per heavy atom. The van der Waals surface area contributed by atoms with E-state index in [4.69, 9.17) is 4.74 Å². The molecule has 0 fully saturated rings. The van der Waals surface area contributed by atoms with Gasteiger partial charge in [0.25, 0.3) is 5.91 Å². The average molecular weight is 317 g/mol. The number of rotatable bonds is 8. The lowest BCUT2D eigenvalue weighted by Crippen LogP contribution is -2.30. The van der Waals surface area contributed by atoms with E-state index in [9.17, 15) is 9.59 Å². The lowest BCUT2D eigenvalue weighted by atomic mass is 10.1. The van der Waals surface area contributed by atoms with Crippen LogP contribution in [0.2, 0.25) is 0 Å². The minimum Gasteiger partial charge on any atom is -0.455 e. The van der Waals surface area contributed by atoms with Crippen molar-refractivity contribution in [2.24, 2.45) is 0 Å². The van der Waals surface area contributed by atoms with Gasteiger partial charge in [0.2, 0.25) is 0 Å². The Morgan fingerprint density at radius 3 is 2.64 bits per heavy atom. The maximum Gasteiger partial charge on any atom is 0.310 e. The van der Waals surface area contributed by atoms with Crippen LogP contribution < -0.4 is 5.32 Å². The van der Waals surface area contributed by atoms with Crippen molar-refractivity contribution in [2.75, 3.05) is 13.2 Å². The van der Waals surface area contributed by atoms with E-state index in [1.54, 1.807) is 0 Å². The zero-order chi connectivity index (χ0) is 15.6. The Balaban J connectivity index is 1.55. The van der Waals surface area contributed by atoms with Crippen molar-refractivity contribution >= 4 is 23.2 Å². The summed E-state index contributed by atoms with van der Waals surface area (Å²) in [6.07, 6.45) is 1.99. The molecule has 1 aromatic carbocycles. The molecule has 22 heavy (non-hydrogen) atoms. The maximum absolute atomic E-state index is 11.6. The predicted octanol–water partition coefficient (Wildman–Crippen LogP) is 2.58. The van der Waals surface area contributed by atoms with Gasteiger partial charge in [-0.25, -0.2) is 0 Å². The van der Waals surface area contributed by atoms with E-state index in [0.717, 1.165) is 18.4 Å². The predicted molar refractivity (Wildman–Crippen MR) is 86.8 cm³/mol. The molecule has 116 valence electrons. The fourth-order valence-corrected chi connectivity index (χ4v) is 2.64. The minimum atomic E-state index is -0.377. The highest BCUT2D eigenvalue weighted by Crippen LogP contribution is 2.07. The van der Waals surface area contributed by atoms with Gasteiger partial charge in [0.1, 0.15) is 0 Å². The highest BCUT2D eigenvalue weighted by molar-refractivity contribution is 7.07. The van der Waals surface area contributed by atoms with E-state index < -0.39 is 0 Å². The Hall–Kier alpha value is -2.14. The van der Waals surface area contributed by atoms with Crippen molar-refractivity contribution in [3.63, 3.8) is 0 Å². The molecule has 1 aromatic heterocycles. The van der Waals surface area contributed by atoms with Gasteiger partial charge in [-0.3, -0.25) is 9.59 Å². The molecule has 0 aliphatic carbocycles.